The van der Waals surface area contributed by atoms with E-state index in [1.807, 2.05) is 0 Å². The van der Waals surface area contributed by atoms with Crippen LogP contribution in [0.2, 0.25) is 0 Å². The van der Waals surface area contributed by atoms with Gasteiger partial charge >= 0.3 is 5.97 Å². The summed E-state index contributed by atoms with van der Waals surface area (Å²) in [5, 5.41) is 11.0. The average molecular weight is 400 g/mol. The molecule has 3 heterocycles. The van der Waals surface area contributed by atoms with Crippen molar-refractivity contribution in [3.8, 4) is 0 Å². The fourth-order valence-electron chi connectivity index (χ4n) is 3.63. The maximum absolute atomic E-state index is 12.9. The molecule has 2 amide bonds. The van der Waals surface area contributed by atoms with Gasteiger partial charge in [0.25, 0.3) is 11.5 Å². The Balaban J connectivity index is 1.57. The Morgan fingerprint density at radius 1 is 1.28 bits per heavy atom. The number of likely N-dealkylation sites (tertiary alicyclic amines) is 1. The number of rotatable bonds is 4. The van der Waals surface area contributed by atoms with Gasteiger partial charge in [-0.1, -0.05) is 11.3 Å². The highest BCUT2D eigenvalue weighted by atomic mass is 16.5. The minimum absolute atomic E-state index is 0.00602. The highest BCUT2D eigenvalue weighted by Crippen LogP contribution is 2.23. The van der Waals surface area contributed by atoms with Crippen molar-refractivity contribution in [2.24, 2.45) is 0 Å². The minimum atomic E-state index is -1.03. The predicted molar refractivity (Wildman–Crippen MR) is 100 cm³/mol. The smallest absolute Gasteiger partial charge is 0.324 e. The van der Waals surface area contributed by atoms with Crippen molar-refractivity contribution in [3.05, 3.63) is 28.6 Å². The molecule has 2 aliphatic rings. The lowest BCUT2D eigenvalue weighted by Crippen LogP contribution is -2.50. The largest absolute Gasteiger partial charge is 0.443 e. The van der Waals surface area contributed by atoms with Crippen LogP contribution in [0.15, 0.2) is 23.0 Å². The number of hydrogen-bond acceptors (Lipinski definition) is 9. The Morgan fingerprint density at radius 2 is 2.10 bits per heavy atom. The Hall–Kier alpha value is -3.34. The first-order valence-corrected chi connectivity index (χ1v) is 9.35. The fraction of sp³-hybridized carbons (Fsp3) is 0.444. The van der Waals surface area contributed by atoms with Crippen LogP contribution in [-0.4, -0.2) is 57.0 Å². The van der Waals surface area contributed by atoms with Crippen LogP contribution in [0.1, 0.15) is 31.7 Å². The second-order valence-corrected chi connectivity index (χ2v) is 7.04. The molecule has 29 heavy (non-hydrogen) atoms. The zero-order valence-corrected chi connectivity index (χ0v) is 15.5. The van der Waals surface area contributed by atoms with Gasteiger partial charge in [-0.15, -0.1) is 5.10 Å². The van der Waals surface area contributed by atoms with Crippen molar-refractivity contribution < 1.29 is 19.1 Å². The monoisotopic (exact) mass is 400 g/mol. The Labute approximate surface area is 164 Å². The highest BCUT2D eigenvalue weighted by Gasteiger charge is 2.38. The lowest BCUT2D eigenvalue weighted by molar-refractivity contribution is -0.164. The van der Waals surface area contributed by atoms with E-state index in [2.05, 4.69) is 15.6 Å². The third-order valence-electron chi connectivity index (χ3n) is 5.21. The van der Waals surface area contributed by atoms with Crippen molar-refractivity contribution in [2.75, 3.05) is 19.0 Å². The molecule has 0 aliphatic carbocycles. The summed E-state index contributed by atoms with van der Waals surface area (Å²) >= 11 is 0. The van der Waals surface area contributed by atoms with E-state index in [0.717, 1.165) is 22.5 Å². The molecule has 1 unspecified atom stereocenters. The molecule has 3 N–H and O–H groups in total. The van der Waals surface area contributed by atoms with Gasteiger partial charge in [-0.3, -0.25) is 19.2 Å². The van der Waals surface area contributed by atoms with Gasteiger partial charge in [0.1, 0.15) is 17.6 Å². The molecule has 2 aromatic rings. The van der Waals surface area contributed by atoms with Gasteiger partial charge in [0.2, 0.25) is 5.91 Å². The number of carbonyl (C=O) groups excluding carboxylic acids is 3. The van der Waals surface area contributed by atoms with Crippen LogP contribution < -0.4 is 16.6 Å². The number of anilines is 1. The van der Waals surface area contributed by atoms with Gasteiger partial charge in [-0.05, 0) is 37.9 Å². The van der Waals surface area contributed by atoms with Crippen LogP contribution in [0.3, 0.4) is 0 Å². The molecule has 1 aromatic carbocycles. The topological polar surface area (TPSA) is 150 Å². The highest BCUT2D eigenvalue weighted by molar-refractivity contribution is 5.99. The summed E-state index contributed by atoms with van der Waals surface area (Å²) in [6.07, 6.45) is 1.61. The van der Waals surface area contributed by atoms with Gasteiger partial charge in [-0.25, -0.2) is 4.90 Å². The number of benzene rings is 1. The fourth-order valence-corrected chi connectivity index (χ4v) is 3.63. The molecule has 0 spiro atoms. The summed E-state index contributed by atoms with van der Waals surface area (Å²) in [6, 6.07) is 3.35. The standard InChI is InChI=1S/C18H20N6O5/c19-10-3-1-4-11-15(10)17(27)24(22-21-11)13-6-7-14(25)23(16(13)26)9-29-18(28)12-5-2-8-20-12/h1,3-4,12-13,20H,2,5-9,19H2/t12-,13?/m1/s1. The molecular weight excluding hydrogens is 380 g/mol. The van der Waals surface area contributed by atoms with Crippen LogP contribution in [-0.2, 0) is 19.1 Å². The zero-order valence-electron chi connectivity index (χ0n) is 15.5. The second-order valence-electron chi connectivity index (χ2n) is 7.04. The summed E-state index contributed by atoms with van der Waals surface area (Å²) < 4.78 is 6.09. The van der Waals surface area contributed by atoms with Crippen LogP contribution >= 0.6 is 0 Å². The van der Waals surface area contributed by atoms with Crippen LogP contribution in [0.5, 0.6) is 0 Å². The molecule has 2 fully saturated rings. The number of esters is 1. The summed E-state index contributed by atoms with van der Waals surface area (Å²) in [5.41, 5.74) is 5.87. The maximum Gasteiger partial charge on any atom is 0.324 e. The van der Waals surface area contributed by atoms with Gasteiger partial charge in [-0.2, -0.15) is 4.68 Å². The molecule has 0 saturated carbocycles. The first kappa shape index (κ1) is 19.0. The van der Waals surface area contributed by atoms with Crippen molar-refractivity contribution in [1.29, 1.82) is 0 Å². The molecule has 0 radical (unpaired) electrons. The van der Waals surface area contributed by atoms with Crippen LogP contribution in [0.25, 0.3) is 10.9 Å². The van der Waals surface area contributed by atoms with Crippen molar-refractivity contribution in [1.82, 2.24) is 25.2 Å². The number of ether oxygens (including phenoxy) is 1. The van der Waals surface area contributed by atoms with Crippen molar-refractivity contribution in [2.45, 2.75) is 37.8 Å². The number of nitrogens with zero attached hydrogens (tertiary/aromatic N) is 4. The first-order chi connectivity index (χ1) is 14.0. The summed E-state index contributed by atoms with van der Waals surface area (Å²) in [4.78, 5) is 50.9. The van der Waals surface area contributed by atoms with E-state index >= 15 is 0 Å². The number of imide groups is 1. The number of amides is 2. The number of aromatic nitrogens is 3. The molecule has 11 heteroatoms. The van der Waals surface area contributed by atoms with E-state index in [9.17, 15) is 19.2 Å². The van der Waals surface area contributed by atoms with Crippen LogP contribution in [0.4, 0.5) is 5.69 Å². The lowest BCUT2D eigenvalue weighted by Gasteiger charge is -2.30. The molecule has 0 bridgehead atoms. The van der Waals surface area contributed by atoms with E-state index in [1.54, 1.807) is 18.2 Å². The Morgan fingerprint density at radius 3 is 2.86 bits per heavy atom. The molecule has 2 saturated heterocycles. The number of nitrogens with one attached hydrogen (secondary N) is 1. The van der Waals surface area contributed by atoms with E-state index in [-0.39, 0.29) is 23.9 Å². The molecule has 2 aliphatic heterocycles. The number of nitrogen functional groups attached to an aromatic ring is 1. The number of piperidine rings is 1. The SMILES string of the molecule is Nc1cccc2nnn(C3CCC(=O)N(COC(=O)[C@H]4CCCN4)C3=O)c(=O)c12. The van der Waals surface area contributed by atoms with Gasteiger partial charge in [0.15, 0.2) is 6.73 Å². The average Bonchev–Trinajstić information content (AvgIpc) is 3.24. The van der Waals surface area contributed by atoms with E-state index in [4.69, 9.17) is 10.5 Å². The number of carbonyl (C=O) groups is 3. The minimum Gasteiger partial charge on any atom is -0.443 e. The maximum atomic E-state index is 12.9. The normalized spacial score (nSPS) is 22.3. The van der Waals surface area contributed by atoms with E-state index in [0.29, 0.717) is 11.9 Å². The van der Waals surface area contributed by atoms with Crippen molar-refractivity contribution in [3.63, 3.8) is 0 Å². The number of nitrogens with two attached hydrogens (primary N) is 1. The lowest BCUT2D eigenvalue weighted by atomic mass is 10.0. The molecule has 2 atom stereocenters. The quantitative estimate of drug-likeness (QED) is 0.386. The molecule has 1 aromatic heterocycles. The van der Waals surface area contributed by atoms with Gasteiger partial charge in [0.05, 0.1) is 5.39 Å². The summed E-state index contributed by atoms with van der Waals surface area (Å²) in [5.74, 6) is -1.65. The number of fused-ring (bicyclic) bond motifs is 1. The number of hydrogen-bond donors (Lipinski definition) is 2. The Bertz CT molecular complexity index is 1040. The summed E-state index contributed by atoms with van der Waals surface area (Å²) in [6.45, 7) is 0.221. The third-order valence-corrected chi connectivity index (χ3v) is 5.21. The van der Waals surface area contributed by atoms with Gasteiger partial charge < -0.3 is 15.8 Å². The zero-order chi connectivity index (χ0) is 20.5. The molecular formula is C18H20N6O5. The third kappa shape index (κ3) is 3.44. The van der Waals surface area contributed by atoms with Crippen molar-refractivity contribution >= 4 is 34.4 Å². The van der Waals surface area contributed by atoms with Crippen LogP contribution in [0, 0.1) is 0 Å². The molecule has 4 rings (SSSR count). The predicted octanol–water partition coefficient (Wildman–Crippen LogP) is -0.683. The molecule has 152 valence electrons. The van der Waals surface area contributed by atoms with Gasteiger partial charge in [0, 0.05) is 12.1 Å². The second kappa shape index (κ2) is 7.59. The first-order valence-electron chi connectivity index (χ1n) is 9.35. The van der Waals surface area contributed by atoms with E-state index in [1.165, 1.54) is 0 Å². The van der Waals surface area contributed by atoms with E-state index < -0.39 is 42.2 Å². The molecule has 11 nitrogen and oxygen atoms in total. The summed E-state index contributed by atoms with van der Waals surface area (Å²) in [7, 11) is 0. The Kier molecular flexibility index (Phi) is 4.97.